The maximum absolute atomic E-state index is 13.1. The normalized spacial score (nSPS) is 12.7. The molecule has 0 fully saturated rings. The Bertz CT molecular complexity index is 776. The molecule has 23 heavy (non-hydrogen) atoms. The summed E-state index contributed by atoms with van der Waals surface area (Å²) in [6, 6.07) is 7.19. The van der Waals surface area contributed by atoms with Crippen molar-refractivity contribution in [1.82, 2.24) is 4.98 Å². The number of anilines is 2. The minimum atomic E-state index is -3.80. The van der Waals surface area contributed by atoms with E-state index in [-0.39, 0.29) is 10.7 Å². The molecule has 1 heterocycles. The number of hydrogen-bond donors (Lipinski definition) is 2. The zero-order valence-corrected chi connectivity index (χ0v) is 14.1. The van der Waals surface area contributed by atoms with Crippen LogP contribution in [-0.4, -0.2) is 19.4 Å². The molecule has 5 nitrogen and oxygen atoms in total. The standard InChI is InChI=1S/C16H20FN3O2S/c1-4-12(3)19-14-6-8-16(18-10-14)20-23(21,22)15-7-5-13(17)9-11(15)2/h5-10,12,19H,4H2,1-3H3,(H,18,20). The fourth-order valence-electron chi connectivity index (χ4n) is 2.03. The maximum atomic E-state index is 13.1. The molecular weight excluding hydrogens is 317 g/mol. The van der Waals surface area contributed by atoms with Gasteiger partial charge < -0.3 is 5.32 Å². The summed E-state index contributed by atoms with van der Waals surface area (Å²) in [5, 5.41) is 3.25. The number of rotatable bonds is 6. The predicted octanol–water partition coefficient (Wildman–Crippen LogP) is 3.54. The van der Waals surface area contributed by atoms with E-state index < -0.39 is 15.8 Å². The van der Waals surface area contributed by atoms with Gasteiger partial charge in [0.15, 0.2) is 0 Å². The minimum Gasteiger partial charge on any atom is -0.381 e. The van der Waals surface area contributed by atoms with Crippen molar-refractivity contribution in [2.75, 3.05) is 10.0 Å². The first-order valence-corrected chi connectivity index (χ1v) is 8.81. The second-order valence-electron chi connectivity index (χ2n) is 5.40. The second kappa shape index (κ2) is 6.95. The summed E-state index contributed by atoms with van der Waals surface area (Å²) in [4.78, 5) is 4.13. The first-order chi connectivity index (χ1) is 10.8. The highest BCUT2D eigenvalue weighted by Gasteiger charge is 2.17. The Kier molecular flexibility index (Phi) is 5.20. The number of nitrogens with one attached hydrogen (secondary N) is 2. The number of halogens is 1. The molecule has 2 rings (SSSR count). The third-order valence-electron chi connectivity index (χ3n) is 3.45. The highest BCUT2D eigenvalue weighted by Crippen LogP contribution is 2.20. The fourth-order valence-corrected chi connectivity index (χ4v) is 3.27. The van der Waals surface area contributed by atoms with Crippen LogP contribution in [0.1, 0.15) is 25.8 Å². The molecule has 0 aliphatic rings. The van der Waals surface area contributed by atoms with Crippen molar-refractivity contribution in [3.05, 3.63) is 47.9 Å². The number of benzene rings is 1. The van der Waals surface area contributed by atoms with Gasteiger partial charge in [0.1, 0.15) is 11.6 Å². The van der Waals surface area contributed by atoms with Crippen molar-refractivity contribution in [3.63, 3.8) is 0 Å². The number of sulfonamides is 1. The summed E-state index contributed by atoms with van der Waals surface area (Å²) < 4.78 is 40.2. The topological polar surface area (TPSA) is 71.1 Å². The molecule has 1 aromatic heterocycles. The number of aromatic nitrogens is 1. The second-order valence-corrected chi connectivity index (χ2v) is 7.05. The van der Waals surface area contributed by atoms with Crippen molar-refractivity contribution in [3.8, 4) is 0 Å². The lowest BCUT2D eigenvalue weighted by atomic mass is 10.2. The van der Waals surface area contributed by atoms with E-state index in [0.717, 1.165) is 18.2 Å². The third kappa shape index (κ3) is 4.41. The molecule has 0 spiro atoms. The van der Waals surface area contributed by atoms with Crippen LogP contribution in [0.5, 0.6) is 0 Å². The molecule has 0 radical (unpaired) electrons. The summed E-state index contributed by atoms with van der Waals surface area (Å²) in [5.41, 5.74) is 1.16. The van der Waals surface area contributed by atoms with E-state index in [4.69, 9.17) is 0 Å². The molecule has 1 atom stereocenters. The zero-order chi connectivity index (χ0) is 17.0. The molecule has 124 valence electrons. The average molecular weight is 337 g/mol. The quantitative estimate of drug-likeness (QED) is 0.846. The Morgan fingerprint density at radius 1 is 1.26 bits per heavy atom. The number of nitrogens with zero attached hydrogens (tertiary/aromatic N) is 1. The van der Waals surface area contributed by atoms with Crippen LogP contribution >= 0.6 is 0 Å². The van der Waals surface area contributed by atoms with E-state index in [9.17, 15) is 12.8 Å². The predicted molar refractivity (Wildman–Crippen MR) is 89.6 cm³/mol. The molecule has 0 aliphatic carbocycles. The average Bonchev–Trinajstić information content (AvgIpc) is 2.48. The van der Waals surface area contributed by atoms with Gasteiger partial charge >= 0.3 is 0 Å². The Morgan fingerprint density at radius 3 is 2.57 bits per heavy atom. The lowest BCUT2D eigenvalue weighted by Crippen LogP contribution is -2.16. The smallest absolute Gasteiger partial charge is 0.263 e. The van der Waals surface area contributed by atoms with Gasteiger partial charge in [0.25, 0.3) is 10.0 Å². The summed E-state index contributed by atoms with van der Waals surface area (Å²) in [6.45, 7) is 5.66. The number of hydrogen-bond acceptors (Lipinski definition) is 4. The van der Waals surface area contributed by atoms with Gasteiger partial charge in [0.05, 0.1) is 16.8 Å². The first-order valence-electron chi connectivity index (χ1n) is 7.33. The van der Waals surface area contributed by atoms with E-state index >= 15 is 0 Å². The molecule has 2 N–H and O–H groups in total. The number of pyridine rings is 1. The van der Waals surface area contributed by atoms with Gasteiger partial charge in [-0.05, 0) is 56.2 Å². The van der Waals surface area contributed by atoms with Gasteiger partial charge in [0.2, 0.25) is 0 Å². The summed E-state index contributed by atoms with van der Waals surface area (Å²) in [7, 11) is -3.80. The summed E-state index contributed by atoms with van der Waals surface area (Å²) in [6.07, 6.45) is 2.54. The zero-order valence-electron chi connectivity index (χ0n) is 13.3. The van der Waals surface area contributed by atoms with Crippen LogP contribution < -0.4 is 10.0 Å². The van der Waals surface area contributed by atoms with Crippen LogP contribution in [0.15, 0.2) is 41.4 Å². The lowest BCUT2D eigenvalue weighted by Gasteiger charge is -2.13. The van der Waals surface area contributed by atoms with Crippen molar-refractivity contribution in [2.24, 2.45) is 0 Å². The van der Waals surface area contributed by atoms with Crippen LogP contribution in [0, 0.1) is 12.7 Å². The van der Waals surface area contributed by atoms with E-state index in [1.54, 1.807) is 25.3 Å². The third-order valence-corrected chi connectivity index (χ3v) is 4.97. The molecule has 0 saturated heterocycles. The van der Waals surface area contributed by atoms with Crippen molar-refractivity contribution < 1.29 is 12.8 Å². The monoisotopic (exact) mass is 337 g/mol. The molecule has 7 heteroatoms. The molecule has 0 bridgehead atoms. The van der Waals surface area contributed by atoms with E-state index in [1.807, 2.05) is 6.92 Å². The summed E-state index contributed by atoms with van der Waals surface area (Å²) >= 11 is 0. The molecule has 1 unspecified atom stereocenters. The first kappa shape index (κ1) is 17.2. The van der Waals surface area contributed by atoms with Gasteiger partial charge in [-0.3, -0.25) is 4.72 Å². The minimum absolute atomic E-state index is 0.0301. The van der Waals surface area contributed by atoms with Gasteiger partial charge in [-0.15, -0.1) is 0 Å². The molecule has 0 aliphatic heterocycles. The largest absolute Gasteiger partial charge is 0.381 e. The van der Waals surface area contributed by atoms with Crippen molar-refractivity contribution >= 4 is 21.5 Å². The molecular formula is C16H20FN3O2S. The summed E-state index contributed by atoms with van der Waals surface area (Å²) in [5.74, 6) is -0.261. The molecule has 0 saturated carbocycles. The lowest BCUT2D eigenvalue weighted by molar-refractivity contribution is 0.598. The van der Waals surface area contributed by atoms with E-state index in [2.05, 4.69) is 21.9 Å². The Hall–Kier alpha value is -2.15. The van der Waals surface area contributed by atoms with Crippen molar-refractivity contribution in [2.45, 2.75) is 38.1 Å². The molecule has 0 amide bonds. The Labute approximate surface area is 136 Å². The molecule has 2 aromatic rings. The number of aryl methyl sites for hydroxylation is 1. The van der Waals surface area contributed by atoms with E-state index in [0.29, 0.717) is 11.6 Å². The maximum Gasteiger partial charge on any atom is 0.263 e. The van der Waals surface area contributed by atoms with Crippen LogP contribution in [0.25, 0.3) is 0 Å². The van der Waals surface area contributed by atoms with Gasteiger partial charge in [-0.1, -0.05) is 6.92 Å². The SMILES string of the molecule is CCC(C)Nc1ccc(NS(=O)(=O)c2ccc(F)cc2C)nc1. The van der Waals surface area contributed by atoms with Crippen LogP contribution in [0.2, 0.25) is 0 Å². The molecule has 1 aromatic carbocycles. The highest BCUT2D eigenvalue weighted by molar-refractivity contribution is 7.92. The Balaban J connectivity index is 2.17. The van der Waals surface area contributed by atoms with Crippen molar-refractivity contribution in [1.29, 1.82) is 0 Å². The van der Waals surface area contributed by atoms with Gasteiger partial charge in [-0.25, -0.2) is 17.8 Å². The van der Waals surface area contributed by atoms with Crippen LogP contribution in [0.3, 0.4) is 0 Å². The van der Waals surface area contributed by atoms with Gasteiger partial charge in [-0.2, -0.15) is 0 Å². The van der Waals surface area contributed by atoms with Crippen LogP contribution in [0.4, 0.5) is 15.9 Å². The van der Waals surface area contributed by atoms with Gasteiger partial charge in [0, 0.05) is 6.04 Å². The highest BCUT2D eigenvalue weighted by atomic mass is 32.2. The van der Waals surface area contributed by atoms with Crippen LogP contribution in [-0.2, 0) is 10.0 Å². The Morgan fingerprint density at radius 2 is 2.00 bits per heavy atom. The fraction of sp³-hybridized carbons (Fsp3) is 0.312. The van der Waals surface area contributed by atoms with E-state index in [1.165, 1.54) is 12.1 Å².